The zero-order valence-electron chi connectivity index (χ0n) is 34.0. The van der Waals surface area contributed by atoms with Crippen molar-refractivity contribution < 1.29 is 33.8 Å². The highest BCUT2D eigenvalue weighted by Gasteiger charge is 2.41. The molecule has 54 heavy (non-hydrogen) atoms. The van der Waals surface area contributed by atoms with E-state index in [1.165, 1.54) is 12.1 Å². The molecule has 0 spiro atoms. The normalized spacial score (nSPS) is 14.0. The third-order valence-corrected chi connectivity index (χ3v) is 9.01. The van der Waals surface area contributed by atoms with Gasteiger partial charge in [-0.05, 0) is 121 Å². The molecule has 0 aromatic heterocycles. The summed E-state index contributed by atoms with van der Waals surface area (Å²) >= 11 is 0. The number of benzene rings is 3. The fourth-order valence-corrected chi connectivity index (χ4v) is 6.16. The van der Waals surface area contributed by atoms with E-state index in [9.17, 15) is 14.7 Å². The molecule has 0 bridgehead atoms. The topological polar surface area (TPSA) is 134 Å². The molecule has 0 aliphatic rings. The first-order valence-electron chi connectivity index (χ1n) is 18.9. The van der Waals surface area contributed by atoms with Crippen molar-refractivity contribution in [3.05, 3.63) is 101 Å². The van der Waals surface area contributed by atoms with E-state index in [0.29, 0.717) is 23.5 Å². The monoisotopic (exact) mass is 743 g/mol. The molecule has 0 heterocycles. The van der Waals surface area contributed by atoms with Crippen LogP contribution in [0, 0.1) is 19.8 Å². The molecule has 0 saturated carbocycles. The van der Waals surface area contributed by atoms with Crippen molar-refractivity contribution in [2.24, 2.45) is 5.92 Å². The highest BCUT2D eigenvalue weighted by atomic mass is 16.6. The van der Waals surface area contributed by atoms with Gasteiger partial charge in [-0.15, -0.1) is 0 Å². The molecule has 3 aromatic carbocycles. The van der Waals surface area contributed by atoms with Gasteiger partial charge in [-0.3, -0.25) is 9.59 Å². The molecule has 0 saturated heterocycles. The van der Waals surface area contributed by atoms with Crippen LogP contribution in [-0.4, -0.2) is 63.2 Å². The van der Waals surface area contributed by atoms with Gasteiger partial charge in [-0.2, -0.15) is 0 Å². The third-order valence-electron chi connectivity index (χ3n) is 9.01. The Balaban J connectivity index is 2.23. The molecule has 4 atom stereocenters. The van der Waals surface area contributed by atoms with Crippen LogP contribution in [0.25, 0.3) is 0 Å². The lowest BCUT2D eigenvalue weighted by molar-refractivity contribution is -0.159. The Bertz CT molecular complexity index is 1710. The zero-order chi connectivity index (χ0) is 40.4. The molecule has 0 aliphatic heterocycles. The van der Waals surface area contributed by atoms with Gasteiger partial charge in [-0.25, -0.2) is 9.59 Å². The number of rotatable bonds is 15. The summed E-state index contributed by atoms with van der Waals surface area (Å²) in [4.78, 5) is 59.0. The molecule has 0 radical (unpaired) electrons. The molecule has 3 amide bonds. The number of amides is 3. The minimum absolute atomic E-state index is 0.0570. The lowest BCUT2D eigenvalue weighted by atomic mass is 9.92. The maximum atomic E-state index is 15.3. The minimum atomic E-state index is -1.19. The number of carbonyl (C=O) groups excluding carboxylic acids is 4. The first-order chi connectivity index (χ1) is 25.1. The van der Waals surface area contributed by atoms with E-state index in [4.69, 9.17) is 9.47 Å². The molecular weight excluding hydrogens is 682 g/mol. The van der Waals surface area contributed by atoms with Crippen LogP contribution < -0.4 is 10.6 Å². The van der Waals surface area contributed by atoms with Crippen molar-refractivity contribution in [3.63, 3.8) is 0 Å². The predicted molar refractivity (Wildman–Crippen MR) is 212 cm³/mol. The fraction of sp³-hybridized carbons (Fsp3) is 0.500. The predicted octanol–water partition coefficient (Wildman–Crippen LogP) is 7.91. The molecule has 4 unspecified atom stereocenters. The maximum absolute atomic E-state index is 15.3. The standard InChI is InChI=1S/C44H61N3O7/c1-28(2)20-21-30(4)47(40(50)36(46-42(52)54-44(9,10)11)26-33-22-24-34(48)25-23-33)38(35-19-15-16-29(3)31(35)5)39(49)45-37(41(51)53-43(6,7)8)27-32-17-13-12-14-18-32/h12-19,22-25,28,30,36-38,48H,20-21,26-27H2,1-11H3,(H,45,49)(H,46,52). The van der Waals surface area contributed by atoms with E-state index in [2.05, 4.69) is 24.5 Å². The lowest BCUT2D eigenvalue weighted by Crippen LogP contribution is -2.57. The number of carbonyl (C=O) groups is 4. The molecule has 294 valence electrons. The lowest BCUT2D eigenvalue weighted by Gasteiger charge is -2.40. The minimum Gasteiger partial charge on any atom is -0.508 e. The number of hydrogen-bond donors (Lipinski definition) is 3. The Morgan fingerprint density at radius 3 is 1.85 bits per heavy atom. The van der Waals surface area contributed by atoms with Gasteiger partial charge >= 0.3 is 12.1 Å². The number of phenolic OH excluding ortho intramolecular Hbond substituents is 1. The molecule has 3 rings (SSSR count). The average Bonchev–Trinajstić information content (AvgIpc) is 3.06. The smallest absolute Gasteiger partial charge is 0.408 e. The molecular formula is C44H61N3O7. The highest BCUT2D eigenvalue weighted by molar-refractivity contribution is 5.94. The average molecular weight is 744 g/mol. The highest BCUT2D eigenvalue weighted by Crippen LogP contribution is 2.32. The number of nitrogens with one attached hydrogen (secondary N) is 2. The van der Waals surface area contributed by atoms with Crippen molar-refractivity contribution in [1.29, 1.82) is 0 Å². The Hall–Kier alpha value is -4.86. The van der Waals surface area contributed by atoms with Gasteiger partial charge in [0, 0.05) is 18.9 Å². The van der Waals surface area contributed by atoms with Crippen molar-refractivity contribution in [3.8, 4) is 5.75 Å². The summed E-state index contributed by atoms with van der Waals surface area (Å²) in [5.41, 5.74) is 2.19. The Labute approximate surface area is 322 Å². The first kappa shape index (κ1) is 43.5. The third kappa shape index (κ3) is 13.5. The quantitative estimate of drug-likeness (QED) is 0.135. The second-order valence-electron chi connectivity index (χ2n) is 16.6. The van der Waals surface area contributed by atoms with Gasteiger partial charge < -0.3 is 30.1 Å². The van der Waals surface area contributed by atoms with E-state index in [1.54, 1.807) is 58.6 Å². The summed E-state index contributed by atoms with van der Waals surface area (Å²) in [5.74, 6) is -1.27. The first-order valence-corrected chi connectivity index (χ1v) is 18.9. The van der Waals surface area contributed by atoms with Gasteiger partial charge in [0.15, 0.2) is 0 Å². The van der Waals surface area contributed by atoms with Crippen LogP contribution >= 0.6 is 0 Å². The molecule has 3 N–H and O–H groups in total. The van der Waals surface area contributed by atoms with Crippen molar-refractivity contribution in [2.45, 2.75) is 137 Å². The van der Waals surface area contributed by atoms with E-state index in [-0.39, 0.29) is 18.6 Å². The Morgan fingerprint density at radius 1 is 0.704 bits per heavy atom. The summed E-state index contributed by atoms with van der Waals surface area (Å²) < 4.78 is 11.4. The number of alkyl carbamates (subject to hydrolysis) is 1. The van der Waals surface area contributed by atoms with Crippen molar-refractivity contribution >= 4 is 23.9 Å². The van der Waals surface area contributed by atoms with E-state index >= 15 is 9.59 Å². The number of aryl methyl sites for hydroxylation is 1. The van der Waals surface area contributed by atoms with E-state index in [1.807, 2.05) is 69.3 Å². The molecule has 0 aliphatic carbocycles. The number of nitrogens with zero attached hydrogens (tertiary/aromatic N) is 1. The van der Waals surface area contributed by atoms with Crippen LogP contribution in [0.3, 0.4) is 0 Å². The van der Waals surface area contributed by atoms with Crippen LogP contribution in [0.4, 0.5) is 4.79 Å². The van der Waals surface area contributed by atoms with Gasteiger partial charge in [0.05, 0.1) is 0 Å². The molecule has 0 fully saturated rings. The van der Waals surface area contributed by atoms with Crippen molar-refractivity contribution in [2.75, 3.05) is 0 Å². The number of hydrogen-bond acceptors (Lipinski definition) is 7. The van der Waals surface area contributed by atoms with Gasteiger partial charge in [0.2, 0.25) is 11.8 Å². The largest absolute Gasteiger partial charge is 0.508 e. The fourth-order valence-electron chi connectivity index (χ4n) is 6.16. The number of aromatic hydroxyl groups is 1. The molecule has 10 nitrogen and oxygen atoms in total. The van der Waals surface area contributed by atoms with Gasteiger partial charge in [0.1, 0.15) is 35.1 Å². The summed E-state index contributed by atoms with van der Waals surface area (Å²) in [7, 11) is 0. The van der Waals surface area contributed by atoms with E-state index < -0.39 is 59.2 Å². The number of phenols is 1. The van der Waals surface area contributed by atoms with Gasteiger partial charge in [0.25, 0.3) is 0 Å². The summed E-state index contributed by atoms with van der Waals surface area (Å²) in [5, 5.41) is 15.8. The van der Waals surface area contributed by atoms with Crippen LogP contribution in [-0.2, 0) is 36.7 Å². The Morgan fingerprint density at radius 2 is 1.28 bits per heavy atom. The Kier molecular flexibility index (Phi) is 15.3. The second-order valence-corrected chi connectivity index (χ2v) is 16.6. The molecule has 3 aromatic rings. The van der Waals surface area contributed by atoms with Crippen LogP contribution in [0.1, 0.15) is 109 Å². The van der Waals surface area contributed by atoms with Crippen LogP contribution in [0.15, 0.2) is 72.8 Å². The summed E-state index contributed by atoms with van der Waals surface area (Å²) in [6.45, 7) is 20.5. The summed E-state index contributed by atoms with van der Waals surface area (Å²) in [6.07, 6.45) is 0.775. The van der Waals surface area contributed by atoms with Crippen LogP contribution in [0.2, 0.25) is 0 Å². The van der Waals surface area contributed by atoms with E-state index in [0.717, 1.165) is 23.1 Å². The van der Waals surface area contributed by atoms with Crippen LogP contribution in [0.5, 0.6) is 5.75 Å². The summed E-state index contributed by atoms with van der Waals surface area (Å²) in [6, 6.07) is 17.5. The second kappa shape index (κ2) is 18.9. The van der Waals surface area contributed by atoms with Crippen molar-refractivity contribution in [1.82, 2.24) is 15.5 Å². The molecule has 10 heteroatoms. The zero-order valence-corrected chi connectivity index (χ0v) is 34.0. The maximum Gasteiger partial charge on any atom is 0.408 e. The SMILES string of the molecule is Cc1cccc(C(C(=O)NC(Cc2ccccc2)C(=O)OC(C)(C)C)N(C(=O)C(Cc2ccc(O)cc2)NC(=O)OC(C)(C)C)C(C)CCC(C)C)c1C. The van der Waals surface area contributed by atoms with Gasteiger partial charge in [-0.1, -0.05) is 74.5 Å². The number of esters is 1. The number of ether oxygens (including phenoxy) is 2.